The highest BCUT2D eigenvalue weighted by atomic mass is 16.5. The monoisotopic (exact) mass is 333 g/mol. The lowest BCUT2D eigenvalue weighted by molar-refractivity contribution is 0.307. The molecule has 0 aliphatic heterocycles. The van der Waals surface area contributed by atoms with E-state index in [1.54, 1.807) is 24.3 Å². The second-order valence-electron chi connectivity index (χ2n) is 5.21. The third-order valence-electron chi connectivity index (χ3n) is 3.54. The van der Waals surface area contributed by atoms with E-state index in [2.05, 4.69) is 11.1 Å². The number of nitrogens with one attached hydrogen (secondary N) is 1. The fourth-order valence-corrected chi connectivity index (χ4v) is 2.37. The first-order valence-corrected chi connectivity index (χ1v) is 7.58. The van der Waals surface area contributed by atoms with E-state index >= 15 is 0 Å². The Morgan fingerprint density at radius 1 is 1.12 bits per heavy atom. The number of aromatic amines is 1. The molecule has 0 amide bonds. The number of benzene rings is 1. The molecule has 2 aromatic rings. The lowest BCUT2D eigenvalue weighted by atomic mass is 9.96. The molecule has 7 nitrogen and oxygen atoms in total. The van der Waals surface area contributed by atoms with Gasteiger partial charge in [-0.15, -0.1) is 0 Å². The van der Waals surface area contributed by atoms with Crippen molar-refractivity contribution in [2.24, 2.45) is 0 Å². The Kier molecular flexibility index (Phi) is 5.77. The molecule has 1 aromatic carbocycles. The Hall–Kier alpha value is -3.76. The van der Waals surface area contributed by atoms with Gasteiger partial charge in [0.05, 0.1) is 12.7 Å². The molecular formula is C18H15N5O2. The van der Waals surface area contributed by atoms with Crippen molar-refractivity contribution in [3.05, 3.63) is 45.7 Å². The lowest BCUT2D eigenvalue weighted by Gasteiger charge is -2.11. The zero-order valence-electron chi connectivity index (χ0n) is 13.4. The van der Waals surface area contributed by atoms with Crippen LogP contribution in [0.15, 0.2) is 29.1 Å². The van der Waals surface area contributed by atoms with Crippen LogP contribution in [0.3, 0.4) is 0 Å². The minimum atomic E-state index is -0.642. The average Bonchev–Trinajstić information content (AvgIpc) is 2.61. The Balaban J connectivity index is 2.39. The highest BCUT2D eigenvalue weighted by Crippen LogP contribution is 2.30. The molecule has 1 aromatic heterocycles. The molecule has 0 bridgehead atoms. The zero-order valence-corrected chi connectivity index (χ0v) is 13.4. The van der Waals surface area contributed by atoms with Gasteiger partial charge in [0.2, 0.25) is 0 Å². The van der Waals surface area contributed by atoms with E-state index in [0.717, 1.165) is 12.8 Å². The van der Waals surface area contributed by atoms with E-state index in [9.17, 15) is 15.3 Å². The van der Waals surface area contributed by atoms with Crippen molar-refractivity contribution in [2.75, 3.05) is 12.3 Å². The van der Waals surface area contributed by atoms with Crippen LogP contribution in [0.4, 0.5) is 5.82 Å². The van der Waals surface area contributed by atoms with Gasteiger partial charge in [-0.1, -0.05) is 12.1 Å². The maximum absolute atomic E-state index is 12.0. The summed E-state index contributed by atoms with van der Waals surface area (Å²) in [7, 11) is 0. The number of nitrogen functional groups attached to an aromatic ring is 1. The van der Waals surface area contributed by atoms with Crippen LogP contribution in [-0.2, 0) is 0 Å². The normalized spacial score (nSPS) is 9.64. The summed E-state index contributed by atoms with van der Waals surface area (Å²) in [5, 5.41) is 27.1. The van der Waals surface area contributed by atoms with Gasteiger partial charge in [0.1, 0.15) is 34.8 Å². The fourth-order valence-electron chi connectivity index (χ4n) is 2.37. The zero-order chi connectivity index (χ0) is 18.2. The van der Waals surface area contributed by atoms with Gasteiger partial charge in [-0.2, -0.15) is 15.8 Å². The topological polar surface area (TPSA) is 139 Å². The average molecular weight is 333 g/mol. The molecular weight excluding hydrogens is 318 g/mol. The number of aromatic nitrogens is 1. The lowest BCUT2D eigenvalue weighted by Crippen LogP contribution is -2.16. The van der Waals surface area contributed by atoms with E-state index in [1.807, 2.05) is 12.1 Å². The number of nitrogens with two attached hydrogens (primary N) is 1. The van der Waals surface area contributed by atoms with Gasteiger partial charge in [0.15, 0.2) is 0 Å². The molecule has 2 rings (SSSR count). The molecule has 0 aliphatic carbocycles. The molecule has 7 heteroatoms. The summed E-state index contributed by atoms with van der Waals surface area (Å²) in [5.41, 5.74) is 5.64. The molecule has 0 saturated carbocycles. The number of pyridine rings is 1. The van der Waals surface area contributed by atoms with Crippen molar-refractivity contribution in [3.63, 3.8) is 0 Å². The number of rotatable bonds is 6. The predicted molar refractivity (Wildman–Crippen MR) is 91.3 cm³/mol. The van der Waals surface area contributed by atoms with Gasteiger partial charge < -0.3 is 15.5 Å². The Labute approximate surface area is 144 Å². The van der Waals surface area contributed by atoms with Gasteiger partial charge >= 0.3 is 0 Å². The molecule has 0 fully saturated rings. The van der Waals surface area contributed by atoms with Gasteiger partial charge in [-0.05, 0) is 30.5 Å². The van der Waals surface area contributed by atoms with Gasteiger partial charge in [0, 0.05) is 12.0 Å². The van der Waals surface area contributed by atoms with Gasteiger partial charge in [-0.3, -0.25) is 4.79 Å². The smallest absolute Gasteiger partial charge is 0.268 e. The summed E-state index contributed by atoms with van der Waals surface area (Å²) in [6.07, 6.45) is 1.97. The molecule has 0 atom stereocenters. The molecule has 0 radical (unpaired) electrons. The Bertz CT molecular complexity index is 957. The predicted octanol–water partition coefficient (Wildman–Crippen LogP) is 2.44. The largest absolute Gasteiger partial charge is 0.494 e. The number of nitriles is 3. The van der Waals surface area contributed by atoms with Crippen LogP contribution in [0.1, 0.15) is 30.4 Å². The SMILES string of the molecule is N#CCCCCOc1cccc(-c2c(C#N)c(N)[nH]c(=O)c2C#N)c1. The van der Waals surface area contributed by atoms with Gasteiger partial charge in [-0.25, -0.2) is 0 Å². The Morgan fingerprint density at radius 3 is 2.56 bits per heavy atom. The molecule has 1 heterocycles. The summed E-state index contributed by atoms with van der Waals surface area (Å²) in [6, 6.07) is 12.6. The number of nitrogens with zero attached hydrogens (tertiary/aromatic N) is 3. The van der Waals surface area contributed by atoms with E-state index in [0.29, 0.717) is 24.3 Å². The van der Waals surface area contributed by atoms with Crippen molar-refractivity contribution in [1.82, 2.24) is 4.98 Å². The van der Waals surface area contributed by atoms with E-state index < -0.39 is 5.56 Å². The van der Waals surface area contributed by atoms with Crippen LogP contribution in [0.2, 0.25) is 0 Å². The molecule has 0 saturated heterocycles. The second-order valence-corrected chi connectivity index (χ2v) is 5.21. The van der Waals surface area contributed by atoms with E-state index in [4.69, 9.17) is 15.7 Å². The van der Waals surface area contributed by atoms with Crippen LogP contribution in [-0.4, -0.2) is 11.6 Å². The molecule has 25 heavy (non-hydrogen) atoms. The molecule has 124 valence electrons. The maximum atomic E-state index is 12.0. The molecule has 0 unspecified atom stereocenters. The highest BCUT2D eigenvalue weighted by molar-refractivity contribution is 5.80. The second kappa shape index (κ2) is 8.19. The van der Waals surface area contributed by atoms with Crippen molar-refractivity contribution in [1.29, 1.82) is 15.8 Å². The number of hydrogen-bond acceptors (Lipinski definition) is 6. The van der Waals surface area contributed by atoms with Crippen LogP contribution in [0, 0.1) is 34.0 Å². The first-order chi connectivity index (χ1) is 12.1. The van der Waals surface area contributed by atoms with Crippen LogP contribution in [0.5, 0.6) is 5.75 Å². The summed E-state index contributed by atoms with van der Waals surface area (Å²) in [5.74, 6) is 0.463. The van der Waals surface area contributed by atoms with E-state index in [1.165, 1.54) is 0 Å². The standard InChI is InChI=1S/C18H15N5O2/c19-7-2-1-3-8-25-13-6-4-5-12(9-13)16-14(10-20)17(22)23-18(24)15(16)11-21/h4-6,9H,1-3,8H2,(H3,22,23,24). The highest BCUT2D eigenvalue weighted by Gasteiger charge is 2.18. The summed E-state index contributed by atoms with van der Waals surface area (Å²) >= 11 is 0. The van der Waals surface area contributed by atoms with Crippen molar-refractivity contribution in [3.8, 4) is 35.1 Å². The minimum absolute atomic E-state index is 0.0438. The first-order valence-electron chi connectivity index (χ1n) is 7.58. The minimum Gasteiger partial charge on any atom is -0.494 e. The molecule has 3 N–H and O–H groups in total. The number of unbranched alkanes of at least 4 members (excludes halogenated alkanes) is 2. The summed E-state index contributed by atoms with van der Waals surface area (Å²) < 4.78 is 5.63. The summed E-state index contributed by atoms with van der Waals surface area (Å²) in [4.78, 5) is 14.3. The van der Waals surface area contributed by atoms with Crippen molar-refractivity contribution in [2.45, 2.75) is 19.3 Å². The summed E-state index contributed by atoms with van der Waals surface area (Å²) in [6.45, 7) is 0.443. The van der Waals surface area contributed by atoms with Crippen molar-refractivity contribution >= 4 is 5.82 Å². The molecule has 0 spiro atoms. The van der Waals surface area contributed by atoms with Crippen LogP contribution < -0.4 is 16.0 Å². The quantitative estimate of drug-likeness (QED) is 0.778. The van der Waals surface area contributed by atoms with Crippen LogP contribution >= 0.6 is 0 Å². The number of anilines is 1. The number of H-pyrrole nitrogens is 1. The number of hydrogen-bond donors (Lipinski definition) is 2. The maximum Gasteiger partial charge on any atom is 0.268 e. The van der Waals surface area contributed by atoms with Gasteiger partial charge in [0.25, 0.3) is 5.56 Å². The Morgan fingerprint density at radius 2 is 1.88 bits per heavy atom. The first kappa shape index (κ1) is 17.6. The van der Waals surface area contributed by atoms with E-state index in [-0.39, 0.29) is 22.5 Å². The molecule has 0 aliphatic rings. The van der Waals surface area contributed by atoms with Crippen LogP contribution in [0.25, 0.3) is 11.1 Å². The third kappa shape index (κ3) is 3.96. The third-order valence-corrected chi connectivity index (χ3v) is 3.54. The fraction of sp³-hybridized carbons (Fsp3) is 0.222. The van der Waals surface area contributed by atoms with Crippen molar-refractivity contribution < 1.29 is 4.74 Å². The number of ether oxygens (including phenoxy) is 1.